The van der Waals surface area contributed by atoms with E-state index in [-0.39, 0.29) is 5.69 Å². The molecule has 2 heterocycles. The summed E-state index contributed by atoms with van der Waals surface area (Å²) in [5.41, 5.74) is -0.00393. The Morgan fingerprint density at radius 2 is 1.93 bits per heavy atom. The van der Waals surface area contributed by atoms with E-state index in [4.69, 9.17) is 5.11 Å². The molecule has 2 rings (SSSR count). The van der Waals surface area contributed by atoms with Gasteiger partial charge < -0.3 is 10.0 Å². The summed E-state index contributed by atoms with van der Waals surface area (Å²) in [5, 5.41) is 8.67. The number of piperidine rings is 1. The number of rotatable bonds is 2. The molecule has 1 aliphatic heterocycles. The van der Waals surface area contributed by atoms with Crippen LogP contribution >= 0.6 is 0 Å². The van der Waals surface area contributed by atoms with Crippen molar-refractivity contribution in [3.63, 3.8) is 0 Å². The molecule has 1 saturated heterocycles. The van der Waals surface area contributed by atoms with Crippen LogP contribution in [-0.2, 0) is 0 Å². The number of carboxylic acid groups (broad SMARTS) is 1. The third-order valence-electron chi connectivity index (χ3n) is 2.54. The van der Waals surface area contributed by atoms with Gasteiger partial charge in [0.1, 0.15) is 5.82 Å². The molecule has 5 heteroatoms. The largest absolute Gasteiger partial charge is 0.476 e. The second-order valence-corrected chi connectivity index (χ2v) is 3.61. The van der Waals surface area contributed by atoms with E-state index in [9.17, 15) is 4.79 Å². The molecule has 0 saturated carbocycles. The van der Waals surface area contributed by atoms with Gasteiger partial charge in [0.15, 0.2) is 5.69 Å². The first-order chi connectivity index (χ1) is 7.27. The van der Waals surface area contributed by atoms with Crippen LogP contribution in [0, 0.1) is 0 Å². The summed E-state index contributed by atoms with van der Waals surface area (Å²) < 4.78 is 0. The van der Waals surface area contributed by atoms with Crippen molar-refractivity contribution >= 4 is 11.8 Å². The van der Waals surface area contributed by atoms with Crippen molar-refractivity contribution < 1.29 is 9.90 Å². The Bertz CT molecular complexity index is 344. The van der Waals surface area contributed by atoms with E-state index < -0.39 is 5.97 Å². The Labute approximate surface area is 87.8 Å². The summed E-state index contributed by atoms with van der Waals surface area (Å²) in [6, 6.07) is 0. The molecule has 1 fully saturated rings. The van der Waals surface area contributed by atoms with Crippen molar-refractivity contribution in [2.75, 3.05) is 18.0 Å². The van der Waals surface area contributed by atoms with Gasteiger partial charge in [-0.3, -0.25) is 0 Å². The molecule has 80 valence electrons. The zero-order chi connectivity index (χ0) is 10.7. The maximum atomic E-state index is 10.6. The number of carboxylic acids is 1. The third kappa shape index (κ3) is 2.23. The van der Waals surface area contributed by atoms with E-state index in [0.717, 1.165) is 18.9 Å². The van der Waals surface area contributed by atoms with Gasteiger partial charge in [0, 0.05) is 13.1 Å². The van der Waals surface area contributed by atoms with Crippen molar-refractivity contribution in [3.8, 4) is 0 Å². The molecule has 15 heavy (non-hydrogen) atoms. The Morgan fingerprint density at radius 1 is 1.20 bits per heavy atom. The first kappa shape index (κ1) is 9.89. The maximum Gasteiger partial charge on any atom is 0.356 e. The van der Waals surface area contributed by atoms with Gasteiger partial charge >= 0.3 is 5.97 Å². The van der Waals surface area contributed by atoms with Crippen molar-refractivity contribution in [1.29, 1.82) is 0 Å². The van der Waals surface area contributed by atoms with Crippen LogP contribution in [0.1, 0.15) is 29.8 Å². The highest BCUT2D eigenvalue weighted by Gasteiger charge is 2.13. The molecule has 0 unspecified atom stereocenters. The molecular formula is C10H13N3O2. The molecule has 0 atom stereocenters. The maximum absolute atomic E-state index is 10.6. The van der Waals surface area contributed by atoms with E-state index >= 15 is 0 Å². The van der Waals surface area contributed by atoms with Crippen LogP contribution in [0.3, 0.4) is 0 Å². The zero-order valence-electron chi connectivity index (χ0n) is 8.39. The number of aromatic nitrogens is 2. The number of hydrogen-bond acceptors (Lipinski definition) is 4. The molecule has 1 aromatic rings. The summed E-state index contributed by atoms with van der Waals surface area (Å²) in [4.78, 5) is 20.7. The normalized spacial score (nSPS) is 16.4. The number of anilines is 1. The smallest absolute Gasteiger partial charge is 0.356 e. The van der Waals surface area contributed by atoms with Crippen LogP contribution < -0.4 is 4.90 Å². The molecule has 0 radical (unpaired) electrons. The number of carbonyl (C=O) groups is 1. The monoisotopic (exact) mass is 207 g/mol. The second kappa shape index (κ2) is 4.25. The van der Waals surface area contributed by atoms with Crippen LogP contribution in [0.4, 0.5) is 5.82 Å². The predicted molar refractivity (Wildman–Crippen MR) is 55.1 cm³/mol. The molecule has 1 aliphatic rings. The molecule has 1 N–H and O–H groups in total. The third-order valence-corrected chi connectivity index (χ3v) is 2.54. The van der Waals surface area contributed by atoms with E-state index in [0.29, 0.717) is 0 Å². The lowest BCUT2D eigenvalue weighted by Gasteiger charge is -2.27. The van der Waals surface area contributed by atoms with Crippen LogP contribution in [0.25, 0.3) is 0 Å². The SMILES string of the molecule is O=C(O)c1cnc(N2CCCCC2)cn1. The highest BCUT2D eigenvalue weighted by molar-refractivity contribution is 5.84. The highest BCUT2D eigenvalue weighted by atomic mass is 16.4. The summed E-state index contributed by atoms with van der Waals surface area (Å²) >= 11 is 0. The first-order valence-corrected chi connectivity index (χ1v) is 5.07. The Hall–Kier alpha value is -1.65. The standard InChI is InChI=1S/C10H13N3O2/c14-10(15)8-6-12-9(7-11-8)13-4-2-1-3-5-13/h6-7H,1-5H2,(H,14,15). The minimum absolute atomic E-state index is 0.00393. The quantitative estimate of drug-likeness (QED) is 0.788. The van der Waals surface area contributed by atoms with E-state index in [1.54, 1.807) is 0 Å². The molecular weight excluding hydrogens is 194 g/mol. The van der Waals surface area contributed by atoms with Crippen molar-refractivity contribution in [2.45, 2.75) is 19.3 Å². The Kier molecular flexibility index (Phi) is 2.80. The topological polar surface area (TPSA) is 66.3 Å². The zero-order valence-corrected chi connectivity index (χ0v) is 8.39. The average Bonchev–Trinajstić information content (AvgIpc) is 2.30. The predicted octanol–water partition coefficient (Wildman–Crippen LogP) is 1.17. The van der Waals surface area contributed by atoms with Gasteiger partial charge in [-0.05, 0) is 19.3 Å². The van der Waals surface area contributed by atoms with Crippen molar-refractivity contribution in [2.24, 2.45) is 0 Å². The molecule has 0 amide bonds. The average molecular weight is 207 g/mol. The van der Waals surface area contributed by atoms with Gasteiger partial charge in [0.25, 0.3) is 0 Å². The van der Waals surface area contributed by atoms with E-state index in [2.05, 4.69) is 14.9 Å². The fourth-order valence-electron chi connectivity index (χ4n) is 1.72. The fourth-order valence-corrected chi connectivity index (χ4v) is 1.72. The summed E-state index contributed by atoms with van der Waals surface area (Å²) in [6.45, 7) is 1.97. The summed E-state index contributed by atoms with van der Waals surface area (Å²) in [5.74, 6) is -0.257. The van der Waals surface area contributed by atoms with Crippen LogP contribution in [0.5, 0.6) is 0 Å². The minimum atomic E-state index is -1.03. The van der Waals surface area contributed by atoms with Crippen LogP contribution in [0.2, 0.25) is 0 Å². The van der Waals surface area contributed by atoms with Gasteiger partial charge in [-0.15, -0.1) is 0 Å². The van der Waals surface area contributed by atoms with E-state index in [1.165, 1.54) is 31.7 Å². The van der Waals surface area contributed by atoms with Gasteiger partial charge in [0.2, 0.25) is 0 Å². The van der Waals surface area contributed by atoms with Gasteiger partial charge in [-0.25, -0.2) is 14.8 Å². The Balaban J connectivity index is 2.11. The lowest BCUT2D eigenvalue weighted by Crippen LogP contribution is -2.30. The molecule has 0 bridgehead atoms. The Morgan fingerprint density at radius 3 is 2.47 bits per heavy atom. The molecule has 0 aromatic carbocycles. The van der Waals surface area contributed by atoms with Crippen LogP contribution in [0.15, 0.2) is 12.4 Å². The first-order valence-electron chi connectivity index (χ1n) is 5.07. The summed E-state index contributed by atoms with van der Waals surface area (Å²) in [7, 11) is 0. The summed E-state index contributed by atoms with van der Waals surface area (Å²) in [6.07, 6.45) is 6.45. The second-order valence-electron chi connectivity index (χ2n) is 3.61. The van der Waals surface area contributed by atoms with Gasteiger partial charge in [-0.2, -0.15) is 0 Å². The number of hydrogen-bond donors (Lipinski definition) is 1. The fraction of sp³-hybridized carbons (Fsp3) is 0.500. The van der Waals surface area contributed by atoms with Crippen LogP contribution in [-0.4, -0.2) is 34.1 Å². The minimum Gasteiger partial charge on any atom is -0.476 e. The lowest BCUT2D eigenvalue weighted by atomic mass is 10.1. The molecule has 5 nitrogen and oxygen atoms in total. The molecule has 0 aliphatic carbocycles. The number of nitrogens with zero attached hydrogens (tertiary/aromatic N) is 3. The number of aromatic carboxylic acids is 1. The van der Waals surface area contributed by atoms with E-state index in [1.807, 2.05) is 0 Å². The van der Waals surface area contributed by atoms with Crippen molar-refractivity contribution in [3.05, 3.63) is 18.1 Å². The van der Waals surface area contributed by atoms with Gasteiger partial charge in [-0.1, -0.05) is 0 Å². The molecule has 1 aromatic heterocycles. The molecule has 0 spiro atoms. The van der Waals surface area contributed by atoms with Crippen molar-refractivity contribution in [1.82, 2.24) is 9.97 Å². The van der Waals surface area contributed by atoms with Gasteiger partial charge in [0.05, 0.1) is 12.4 Å². The lowest BCUT2D eigenvalue weighted by molar-refractivity contribution is 0.0690. The highest BCUT2D eigenvalue weighted by Crippen LogP contribution is 2.16.